The van der Waals surface area contributed by atoms with Crippen LogP contribution in [0.1, 0.15) is 31.0 Å². The van der Waals surface area contributed by atoms with Crippen molar-refractivity contribution < 1.29 is 19.1 Å². The molecule has 3 heterocycles. The average molecular weight is 338 g/mol. The van der Waals surface area contributed by atoms with Gasteiger partial charge in [-0.1, -0.05) is 25.1 Å². The van der Waals surface area contributed by atoms with Gasteiger partial charge >= 0.3 is 5.97 Å². The van der Waals surface area contributed by atoms with E-state index >= 15 is 0 Å². The molecule has 0 aliphatic carbocycles. The van der Waals surface area contributed by atoms with Crippen LogP contribution >= 0.6 is 0 Å². The van der Waals surface area contributed by atoms with Crippen LogP contribution in [-0.2, 0) is 25.5 Å². The smallest absolute Gasteiger partial charge is 0.329 e. The topological polar surface area (TPSA) is 79.5 Å². The van der Waals surface area contributed by atoms with E-state index in [1.165, 1.54) is 12.0 Å². The number of carbonyl (C=O) groups excluding carboxylic acids is 3. The monoisotopic (exact) mass is 338 g/mol. The van der Waals surface area contributed by atoms with Crippen LogP contribution in [0, 0.1) is 0 Å². The van der Waals surface area contributed by atoms with Gasteiger partial charge in [-0.2, -0.15) is 0 Å². The van der Waals surface area contributed by atoms with Crippen molar-refractivity contribution in [3.8, 4) is 0 Å². The number of para-hydroxylation sites is 1. The summed E-state index contributed by atoms with van der Waals surface area (Å²) in [4.78, 5) is 42.1. The second-order valence-corrected chi connectivity index (χ2v) is 6.31. The third kappa shape index (κ3) is 2.13. The van der Waals surface area contributed by atoms with Crippen LogP contribution in [-0.4, -0.2) is 40.7 Å². The quantitative estimate of drug-likeness (QED) is 0.870. The van der Waals surface area contributed by atoms with E-state index in [9.17, 15) is 14.4 Å². The number of ether oxygens (including phenoxy) is 1. The van der Waals surface area contributed by atoms with Crippen molar-refractivity contribution in [3.63, 3.8) is 0 Å². The molecule has 128 valence electrons. The fourth-order valence-electron chi connectivity index (χ4n) is 3.86. The summed E-state index contributed by atoms with van der Waals surface area (Å²) in [5.41, 5.74) is 3.67. The van der Waals surface area contributed by atoms with Gasteiger partial charge in [-0.25, -0.2) is 4.79 Å². The second kappa shape index (κ2) is 5.58. The van der Waals surface area contributed by atoms with Crippen LogP contribution in [0.15, 0.2) is 29.8 Å². The molecule has 2 aliphatic rings. The van der Waals surface area contributed by atoms with Crippen molar-refractivity contribution in [2.24, 2.45) is 0 Å². The van der Waals surface area contributed by atoms with Crippen molar-refractivity contribution >= 4 is 34.3 Å². The molecule has 1 atom stereocenters. The minimum absolute atomic E-state index is 0.0320. The van der Waals surface area contributed by atoms with Crippen LogP contribution < -0.4 is 0 Å². The lowest BCUT2D eigenvalue weighted by atomic mass is 9.93. The number of hydrogen-bond donors (Lipinski definition) is 1. The van der Waals surface area contributed by atoms with Crippen molar-refractivity contribution in [1.82, 2.24) is 9.88 Å². The summed E-state index contributed by atoms with van der Waals surface area (Å²) in [5, 5.41) is 1.00. The Balaban J connectivity index is 2.01. The third-order valence-corrected chi connectivity index (χ3v) is 5.01. The van der Waals surface area contributed by atoms with Crippen LogP contribution in [0.5, 0.6) is 0 Å². The van der Waals surface area contributed by atoms with E-state index in [-0.39, 0.29) is 18.1 Å². The summed E-state index contributed by atoms with van der Waals surface area (Å²) in [5.74, 6) is -0.764. The lowest BCUT2D eigenvalue weighted by Crippen LogP contribution is -2.46. The Morgan fingerprint density at radius 1 is 1.32 bits per heavy atom. The first-order valence-electron chi connectivity index (χ1n) is 8.33. The number of benzene rings is 1. The first-order valence-corrected chi connectivity index (χ1v) is 8.33. The number of methoxy groups -OCH3 is 1. The van der Waals surface area contributed by atoms with Gasteiger partial charge in [0, 0.05) is 29.3 Å². The summed E-state index contributed by atoms with van der Waals surface area (Å²) in [6.45, 7) is 1.77. The van der Waals surface area contributed by atoms with E-state index in [2.05, 4.69) is 4.98 Å². The number of aromatic nitrogens is 1. The van der Waals surface area contributed by atoms with Gasteiger partial charge in [-0.05, 0) is 11.6 Å². The minimum Gasteiger partial charge on any atom is -0.467 e. The number of amides is 1. The molecular weight excluding hydrogens is 320 g/mol. The van der Waals surface area contributed by atoms with Gasteiger partial charge in [0.15, 0.2) is 5.78 Å². The molecule has 6 heteroatoms. The van der Waals surface area contributed by atoms with E-state index in [0.717, 1.165) is 22.2 Å². The van der Waals surface area contributed by atoms with Gasteiger partial charge < -0.3 is 9.72 Å². The lowest BCUT2D eigenvalue weighted by Gasteiger charge is -2.33. The summed E-state index contributed by atoms with van der Waals surface area (Å²) < 4.78 is 4.92. The summed E-state index contributed by atoms with van der Waals surface area (Å²) in [7, 11) is 1.31. The molecule has 1 aromatic carbocycles. The van der Waals surface area contributed by atoms with Crippen LogP contribution in [0.25, 0.3) is 16.6 Å². The Bertz CT molecular complexity index is 953. The first-order chi connectivity index (χ1) is 12.1. The zero-order chi connectivity index (χ0) is 17.7. The highest BCUT2D eigenvalue weighted by Gasteiger charge is 2.46. The molecule has 0 unspecified atom stereocenters. The van der Waals surface area contributed by atoms with E-state index in [4.69, 9.17) is 4.74 Å². The Morgan fingerprint density at radius 2 is 2.08 bits per heavy atom. The number of Topliss-reactive ketones (excluding diaryl/α,β-unsaturated/α-hetero) is 1. The molecule has 25 heavy (non-hydrogen) atoms. The number of aromatic amines is 1. The van der Waals surface area contributed by atoms with E-state index < -0.39 is 12.0 Å². The highest BCUT2D eigenvalue weighted by molar-refractivity contribution is 6.14. The number of nitrogens with one attached hydrogen (secondary N) is 1. The molecule has 1 amide bonds. The number of hydrogen-bond acceptors (Lipinski definition) is 4. The van der Waals surface area contributed by atoms with Gasteiger partial charge in [0.25, 0.3) is 0 Å². The zero-order valence-electron chi connectivity index (χ0n) is 14.1. The Kier molecular flexibility index (Phi) is 3.49. The number of rotatable bonds is 3. The molecule has 0 fully saturated rings. The molecule has 0 saturated carbocycles. The molecule has 0 bridgehead atoms. The molecule has 0 saturated heterocycles. The van der Waals surface area contributed by atoms with Gasteiger partial charge in [0.1, 0.15) is 6.04 Å². The zero-order valence-corrected chi connectivity index (χ0v) is 14.1. The van der Waals surface area contributed by atoms with Gasteiger partial charge in [-0.15, -0.1) is 0 Å². The third-order valence-electron chi connectivity index (χ3n) is 5.01. The standard InChI is InChI=1S/C19H18N2O4/c1-3-15(22)12-9-16(23)21-14(19(24)25-2)8-11-10-6-4-5-7-13(10)20-17(11)18(12)21/h4-7,14,20H,3,8-9H2,1-2H3/t14-/m0/s1. The van der Waals surface area contributed by atoms with Crippen molar-refractivity contribution in [1.29, 1.82) is 0 Å². The fraction of sp³-hybridized carbons (Fsp3) is 0.316. The van der Waals surface area contributed by atoms with Crippen LogP contribution in [0.2, 0.25) is 0 Å². The SMILES string of the molecule is CCC(=O)C1=C2c3[nH]c4ccccc4c3C[C@@H](C(=O)OC)N2C(=O)C1. The number of fused-ring (bicyclic) bond motifs is 5. The van der Waals surface area contributed by atoms with Crippen molar-refractivity contribution in [3.05, 3.63) is 41.1 Å². The maximum Gasteiger partial charge on any atom is 0.329 e. The molecule has 1 aromatic heterocycles. The lowest BCUT2D eigenvalue weighted by molar-refractivity contribution is -0.149. The molecule has 2 aliphatic heterocycles. The van der Waals surface area contributed by atoms with Crippen LogP contribution in [0.4, 0.5) is 0 Å². The highest BCUT2D eigenvalue weighted by atomic mass is 16.5. The Morgan fingerprint density at radius 3 is 2.80 bits per heavy atom. The second-order valence-electron chi connectivity index (χ2n) is 6.31. The number of nitrogens with zero attached hydrogens (tertiary/aromatic N) is 1. The molecule has 0 radical (unpaired) electrons. The van der Waals surface area contributed by atoms with E-state index in [1.54, 1.807) is 6.92 Å². The molecule has 2 aromatic rings. The summed E-state index contributed by atoms with van der Waals surface area (Å²) in [6.07, 6.45) is 0.720. The van der Waals surface area contributed by atoms with Crippen molar-refractivity contribution in [2.75, 3.05) is 7.11 Å². The number of esters is 1. The number of H-pyrrole nitrogens is 1. The predicted octanol–water partition coefficient (Wildman–Crippen LogP) is 2.19. The highest BCUT2D eigenvalue weighted by Crippen LogP contribution is 2.43. The largest absolute Gasteiger partial charge is 0.467 e. The molecular formula is C19H18N2O4. The Hall–Kier alpha value is -2.89. The van der Waals surface area contributed by atoms with E-state index in [1.807, 2.05) is 24.3 Å². The maximum atomic E-state index is 12.6. The maximum absolute atomic E-state index is 12.6. The fourth-order valence-corrected chi connectivity index (χ4v) is 3.86. The Labute approximate surface area is 144 Å². The minimum atomic E-state index is -0.735. The molecule has 0 spiro atoms. The summed E-state index contributed by atoms with van der Waals surface area (Å²) >= 11 is 0. The number of ketones is 1. The molecule has 1 N–H and O–H groups in total. The number of carbonyl (C=O) groups is 3. The van der Waals surface area contributed by atoms with Crippen LogP contribution in [0.3, 0.4) is 0 Å². The average Bonchev–Trinajstić information content (AvgIpc) is 3.18. The predicted molar refractivity (Wildman–Crippen MR) is 91.5 cm³/mol. The summed E-state index contributed by atoms with van der Waals surface area (Å²) in [6, 6.07) is 7.05. The van der Waals surface area contributed by atoms with Gasteiger partial charge in [0.05, 0.1) is 24.9 Å². The van der Waals surface area contributed by atoms with Gasteiger partial charge in [0.2, 0.25) is 5.91 Å². The first kappa shape index (κ1) is 15.6. The molecule has 6 nitrogen and oxygen atoms in total. The molecule has 4 rings (SSSR count). The normalized spacial score (nSPS) is 19.2. The van der Waals surface area contributed by atoms with Gasteiger partial charge in [-0.3, -0.25) is 14.5 Å². The van der Waals surface area contributed by atoms with E-state index in [0.29, 0.717) is 24.1 Å². The van der Waals surface area contributed by atoms with Crippen molar-refractivity contribution in [2.45, 2.75) is 32.2 Å².